The highest BCUT2D eigenvalue weighted by atomic mass is 32.2. The summed E-state index contributed by atoms with van der Waals surface area (Å²) >= 11 is 0. The van der Waals surface area contributed by atoms with E-state index < -0.39 is 15.6 Å². The normalized spacial score (nSPS) is 19.1. The molecule has 112 valence electrons. The van der Waals surface area contributed by atoms with Crippen molar-refractivity contribution in [3.8, 4) is 0 Å². The van der Waals surface area contributed by atoms with Gasteiger partial charge in [-0.15, -0.1) is 0 Å². The number of hydrogen-bond donors (Lipinski definition) is 2. The van der Waals surface area contributed by atoms with Crippen LogP contribution in [0.5, 0.6) is 0 Å². The molecule has 5 nitrogen and oxygen atoms in total. The number of β-amino-alcohol motifs (C(OH)–C–C–N with tert-alkyl or cyclic N) is 1. The predicted molar refractivity (Wildman–Crippen MR) is 78.9 cm³/mol. The number of sulfonamides is 1. The number of aliphatic hydroxyl groups is 1. The lowest BCUT2D eigenvalue weighted by Gasteiger charge is -2.48. The molecule has 1 saturated heterocycles. The Labute approximate surface area is 120 Å². The summed E-state index contributed by atoms with van der Waals surface area (Å²) < 4.78 is 26.5. The van der Waals surface area contributed by atoms with Crippen molar-refractivity contribution in [1.82, 2.24) is 4.31 Å². The van der Waals surface area contributed by atoms with Gasteiger partial charge in [-0.3, -0.25) is 0 Å². The van der Waals surface area contributed by atoms with Gasteiger partial charge in [-0.1, -0.05) is 13.8 Å². The van der Waals surface area contributed by atoms with Crippen molar-refractivity contribution in [3.63, 3.8) is 0 Å². The average Bonchev–Trinajstić information content (AvgIpc) is 2.29. The van der Waals surface area contributed by atoms with Gasteiger partial charge in [-0.25, -0.2) is 8.42 Å². The summed E-state index contributed by atoms with van der Waals surface area (Å²) in [6.45, 7) is 7.58. The van der Waals surface area contributed by atoms with Crippen LogP contribution < -0.4 is 5.73 Å². The lowest BCUT2D eigenvalue weighted by Crippen LogP contribution is -2.65. The fourth-order valence-corrected chi connectivity index (χ4v) is 4.26. The average molecular weight is 298 g/mol. The third-order valence-electron chi connectivity index (χ3n) is 4.14. The van der Waals surface area contributed by atoms with E-state index in [9.17, 15) is 13.5 Å². The highest BCUT2D eigenvalue weighted by Crippen LogP contribution is 2.35. The summed E-state index contributed by atoms with van der Waals surface area (Å²) in [6, 6.07) is 3.39. The fraction of sp³-hybridized carbons (Fsp3) is 0.571. The van der Waals surface area contributed by atoms with Gasteiger partial charge in [0.05, 0.1) is 10.5 Å². The maximum atomic E-state index is 12.6. The molecule has 1 aromatic carbocycles. The van der Waals surface area contributed by atoms with Crippen molar-refractivity contribution in [3.05, 3.63) is 23.3 Å². The van der Waals surface area contributed by atoms with Crippen LogP contribution in [0.25, 0.3) is 0 Å². The summed E-state index contributed by atoms with van der Waals surface area (Å²) in [5, 5.41) is 10.2. The molecule has 6 heteroatoms. The maximum Gasteiger partial charge on any atom is 0.243 e. The standard InChI is InChI=1S/C14H22N2O3S/c1-9(2)14(17)7-16(8-14)20(18,19)13-6-10(3)5-12(15)11(13)4/h5-6,9,17H,7-8,15H2,1-4H3. The van der Waals surface area contributed by atoms with Crippen LogP contribution in [0.4, 0.5) is 5.69 Å². The molecule has 0 saturated carbocycles. The number of hydrogen-bond acceptors (Lipinski definition) is 4. The summed E-state index contributed by atoms with van der Waals surface area (Å²) in [5.74, 6) is 0.0256. The second-order valence-corrected chi connectivity index (χ2v) is 7.92. The molecule has 1 aliphatic rings. The van der Waals surface area contributed by atoms with Crippen LogP contribution in [0.2, 0.25) is 0 Å². The van der Waals surface area contributed by atoms with Crippen LogP contribution in [-0.2, 0) is 10.0 Å². The van der Waals surface area contributed by atoms with E-state index in [2.05, 4.69) is 0 Å². The predicted octanol–water partition coefficient (Wildman–Crippen LogP) is 1.28. The van der Waals surface area contributed by atoms with Gasteiger partial charge in [0, 0.05) is 18.8 Å². The van der Waals surface area contributed by atoms with E-state index in [4.69, 9.17) is 5.73 Å². The number of benzene rings is 1. The third kappa shape index (κ3) is 2.32. The van der Waals surface area contributed by atoms with E-state index >= 15 is 0 Å². The summed E-state index contributed by atoms with van der Waals surface area (Å²) in [7, 11) is -3.59. The molecule has 0 unspecified atom stereocenters. The van der Waals surface area contributed by atoms with Crippen molar-refractivity contribution >= 4 is 15.7 Å². The van der Waals surface area contributed by atoms with Crippen LogP contribution in [0.15, 0.2) is 17.0 Å². The molecule has 3 N–H and O–H groups in total. The third-order valence-corrected chi connectivity index (χ3v) is 6.06. The number of nitrogens with zero attached hydrogens (tertiary/aromatic N) is 1. The Hall–Kier alpha value is -1.11. The number of anilines is 1. The Kier molecular flexibility index (Phi) is 3.60. The first-order valence-corrected chi connectivity index (χ1v) is 8.11. The zero-order chi connectivity index (χ0) is 15.3. The first-order chi connectivity index (χ1) is 9.08. The van der Waals surface area contributed by atoms with Crippen LogP contribution >= 0.6 is 0 Å². The van der Waals surface area contributed by atoms with Crippen LogP contribution in [0.3, 0.4) is 0 Å². The number of nitrogen functional groups attached to an aromatic ring is 1. The lowest BCUT2D eigenvalue weighted by atomic mass is 9.85. The van der Waals surface area contributed by atoms with Gasteiger partial charge >= 0.3 is 0 Å². The molecule has 20 heavy (non-hydrogen) atoms. The molecule has 0 aromatic heterocycles. The van der Waals surface area contributed by atoms with Crippen molar-refractivity contribution in [2.24, 2.45) is 5.92 Å². The minimum atomic E-state index is -3.59. The van der Waals surface area contributed by atoms with Gasteiger partial charge in [-0.2, -0.15) is 4.31 Å². The van der Waals surface area contributed by atoms with E-state index in [1.807, 2.05) is 20.8 Å². The molecule has 1 fully saturated rings. The molecule has 0 radical (unpaired) electrons. The summed E-state index contributed by atoms with van der Waals surface area (Å²) in [5.41, 5.74) is 6.78. The Morgan fingerprint density at radius 3 is 2.35 bits per heavy atom. The van der Waals surface area contributed by atoms with Crippen LogP contribution in [-0.4, -0.2) is 36.5 Å². The smallest absolute Gasteiger partial charge is 0.243 e. The Morgan fingerprint density at radius 1 is 1.30 bits per heavy atom. The lowest BCUT2D eigenvalue weighted by molar-refractivity contribution is -0.0932. The number of aryl methyl sites for hydroxylation is 1. The van der Waals surface area contributed by atoms with Crippen molar-refractivity contribution in [2.75, 3.05) is 18.8 Å². The minimum absolute atomic E-state index is 0.0256. The van der Waals surface area contributed by atoms with Crippen molar-refractivity contribution < 1.29 is 13.5 Å². The van der Waals surface area contributed by atoms with Crippen molar-refractivity contribution in [1.29, 1.82) is 0 Å². The van der Waals surface area contributed by atoms with Gasteiger partial charge in [0.2, 0.25) is 10.0 Å². The molecule has 0 bridgehead atoms. The highest BCUT2D eigenvalue weighted by Gasteiger charge is 2.49. The van der Waals surface area contributed by atoms with E-state index in [1.54, 1.807) is 19.1 Å². The van der Waals surface area contributed by atoms with Crippen LogP contribution in [0, 0.1) is 19.8 Å². The monoisotopic (exact) mass is 298 g/mol. The fourth-order valence-electron chi connectivity index (χ4n) is 2.36. The van der Waals surface area contributed by atoms with E-state index in [1.165, 1.54) is 4.31 Å². The van der Waals surface area contributed by atoms with Gasteiger partial charge in [0.15, 0.2) is 0 Å². The summed E-state index contributed by atoms with van der Waals surface area (Å²) in [6.07, 6.45) is 0. The van der Waals surface area contributed by atoms with E-state index in [0.29, 0.717) is 11.3 Å². The zero-order valence-electron chi connectivity index (χ0n) is 12.3. The largest absolute Gasteiger partial charge is 0.398 e. The Bertz CT molecular complexity index is 632. The second-order valence-electron chi connectivity index (χ2n) is 6.01. The molecular weight excluding hydrogens is 276 g/mol. The second kappa shape index (κ2) is 4.72. The molecule has 0 amide bonds. The molecule has 1 heterocycles. The Balaban J connectivity index is 2.35. The highest BCUT2D eigenvalue weighted by molar-refractivity contribution is 7.89. The number of rotatable bonds is 3. The molecule has 2 rings (SSSR count). The SMILES string of the molecule is Cc1cc(N)c(C)c(S(=O)(=O)N2CC(O)(C(C)C)C2)c1. The quantitative estimate of drug-likeness (QED) is 0.823. The molecule has 1 aromatic rings. The zero-order valence-corrected chi connectivity index (χ0v) is 13.2. The Morgan fingerprint density at radius 2 is 1.85 bits per heavy atom. The van der Waals surface area contributed by atoms with Crippen LogP contribution in [0.1, 0.15) is 25.0 Å². The van der Waals surface area contributed by atoms with E-state index in [0.717, 1.165) is 5.56 Å². The topological polar surface area (TPSA) is 83.6 Å². The first-order valence-electron chi connectivity index (χ1n) is 6.67. The minimum Gasteiger partial charge on any atom is -0.398 e. The maximum absolute atomic E-state index is 12.6. The van der Waals surface area contributed by atoms with E-state index in [-0.39, 0.29) is 23.9 Å². The summed E-state index contributed by atoms with van der Waals surface area (Å²) in [4.78, 5) is 0.237. The number of nitrogens with two attached hydrogens (primary N) is 1. The van der Waals surface area contributed by atoms with Gasteiger partial charge in [0.1, 0.15) is 0 Å². The molecule has 0 aliphatic carbocycles. The van der Waals surface area contributed by atoms with Gasteiger partial charge in [0.25, 0.3) is 0 Å². The van der Waals surface area contributed by atoms with Gasteiger partial charge < -0.3 is 10.8 Å². The molecule has 0 spiro atoms. The first kappa shape index (κ1) is 15.3. The molecular formula is C14H22N2O3S. The molecule has 0 atom stereocenters. The van der Waals surface area contributed by atoms with Gasteiger partial charge in [-0.05, 0) is 43.0 Å². The van der Waals surface area contributed by atoms with Crippen molar-refractivity contribution in [2.45, 2.75) is 38.2 Å². The molecule has 1 aliphatic heterocycles.